The van der Waals surface area contributed by atoms with Crippen molar-refractivity contribution in [2.75, 3.05) is 0 Å². The molecule has 0 N–H and O–H groups in total. The van der Waals surface area contributed by atoms with E-state index in [0.717, 1.165) is 6.42 Å². The number of ether oxygens (including phenoxy) is 1. The number of hydrogen-bond acceptors (Lipinski definition) is 2. The lowest BCUT2D eigenvalue weighted by Crippen LogP contribution is -2.29. The fraction of sp³-hybridized carbons (Fsp3) is 0.353. The van der Waals surface area contributed by atoms with Crippen molar-refractivity contribution in [2.24, 2.45) is 0 Å². The van der Waals surface area contributed by atoms with Gasteiger partial charge in [-0.25, -0.2) is 9.18 Å². The van der Waals surface area contributed by atoms with Crippen LogP contribution in [0.1, 0.15) is 44.0 Å². The standard InChI is InChI=1S/C17H21FO2/c1-5-17(4,12-6-7-13(2)3)20-16(19)14-8-10-15(18)11-9-14/h5,7-11H,1,6,12H2,2-4H3. The van der Waals surface area contributed by atoms with E-state index in [1.54, 1.807) is 6.08 Å². The molecule has 1 aromatic rings. The van der Waals surface area contributed by atoms with Gasteiger partial charge < -0.3 is 4.74 Å². The molecule has 1 rings (SSSR count). The minimum atomic E-state index is -0.725. The molecule has 1 unspecified atom stereocenters. The third-order valence-corrected chi connectivity index (χ3v) is 3.03. The summed E-state index contributed by atoms with van der Waals surface area (Å²) in [6.45, 7) is 9.60. The highest BCUT2D eigenvalue weighted by Crippen LogP contribution is 2.22. The minimum Gasteiger partial charge on any atom is -0.452 e. The van der Waals surface area contributed by atoms with Gasteiger partial charge in [0, 0.05) is 0 Å². The Morgan fingerprint density at radius 2 is 1.95 bits per heavy atom. The molecule has 0 aliphatic rings. The first-order valence-corrected chi connectivity index (χ1v) is 6.62. The highest BCUT2D eigenvalue weighted by molar-refractivity contribution is 5.89. The maximum absolute atomic E-state index is 12.8. The highest BCUT2D eigenvalue weighted by Gasteiger charge is 2.25. The van der Waals surface area contributed by atoms with Crippen molar-refractivity contribution in [1.82, 2.24) is 0 Å². The van der Waals surface area contributed by atoms with E-state index in [1.165, 1.54) is 29.8 Å². The maximum atomic E-state index is 12.8. The summed E-state index contributed by atoms with van der Waals surface area (Å²) in [4.78, 5) is 12.0. The molecule has 2 nitrogen and oxygen atoms in total. The number of allylic oxidation sites excluding steroid dienone is 2. The Morgan fingerprint density at radius 1 is 1.35 bits per heavy atom. The van der Waals surface area contributed by atoms with Gasteiger partial charge in [0.25, 0.3) is 0 Å². The van der Waals surface area contributed by atoms with E-state index in [9.17, 15) is 9.18 Å². The van der Waals surface area contributed by atoms with Gasteiger partial charge in [0.15, 0.2) is 0 Å². The first-order valence-electron chi connectivity index (χ1n) is 6.62. The number of carbonyl (C=O) groups is 1. The van der Waals surface area contributed by atoms with Gasteiger partial charge in [-0.1, -0.05) is 18.2 Å². The summed E-state index contributed by atoms with van der Waals surface area (Å²) >= 11 is 0. The average molecular weight is 276 g/mol. The summed E-state index contributed by atoms with van der Waals surface area (Å²) in [6, 6.07) is 5.31. The Morgan fingerprint density at radius 3 is 2.45 bits per heavy atom. The van der Waals surface area contributed by atoms with E-state index in [4.69, 9.17) is 4.74 Å². The monoisotopic (exact) mass is 276 g/mol. The van der Waals surface area contributed by atoms with Crippen LogP contribution < -0.4 is 0 Å². The zero-order chi connectivity index (χ0) is 15.2. The second-order valence-electron chi connectivity index (χ2n) is 5.23. The Balaban J connectivity index is 2.71. The molecule has 0 aliphatic carbocycles. The van der Waals surface area contributed by atoms with Gasteiger partial charge in [0.2, 0.25) is 0 Å². The molecule has 0 heterocycles. The molecule has 3 heteroatoms. The minimum absolute atomic E-state index is 0.335. The molecule has 108 valence electrons. The summed E-state index contributed by atoms with van der Waals surface area (Å²) in [5.74, 6) is -0.846. The van der Waals surface area contributed by atoms with Gasteiger partial charge in [-0.2, -0.15) is 0 Å². The van der Waals surface area contributed by atoms with Gasteiger partial charge in [0.1, 0.15) is 11.4 Å². The summed E-state index contributed by atoms with van der Waals surface area (Å²) in [5.41, 5.74) is 0.834. The summed E-state index contributed by atoms with van der Waals surface area (Å²) < 4.78 is 18.3. The summed E-state index contributed by atoms with van der Waals surface area (Å²) in [7, 11) is 0. The molecular weight excluding hydrogens is 255 g/mol. The molecule has 0 bridgehead atoms. The first kappa shape index (κ1) is 16.2. The van der Waals surface area contributed by atoms with Crippen LogP contribution in [0.4, 0.5) is 4.39 Å². The number of rotatable bonds is 6. The van der Waals surface area contributed by atoms with Gasteiger partial charge in [0.05, 0.1) is 5.56 Å². The van der Waals surface area contributed by atoms with Crippen molar-refractivity contribution < 1.29 is 13.9 Å². The Kier molecular flexibility index (Phi) is 5.68. The molecule has 0 aromatic heterocycles. The summed E-state index contributed by atoms with van der Waals surface area (Å²) in [5, 5.41) is 0. The molecule has 20 heavy (non-hydrogen) atoms. The fourth-order valence-electron chi connectivity index (χ4n) is 1.70. The van der Waals surface area contributed by atoms with Gasteiger partial charge >= 0.3 is 5.97 Å². The van der Waals surface area contributed by atoms with E-state index in [2.05, 4.69) is 12.7 Å². The molecule has 0 radical (unpaired) electrons. The highest BCUT2D eigenvalue weighted by atomic mass is 19.1. The van der Waals surface area contributed by atoms with Crippen molar-refractivity contribution in [3.05, 3.63) is 60.0 Å². The fourth-order valence-corrected chi connectivity index (χ4v) is 1.70. The molecule has 1 aromatic carbocycles. The van der Waals surface area contributed by atoms with Crippen LogP contribution in [0.3, 0.4) is 0 Å². The maximum Gasteiger partial charge on any atom is 0.338 e. The molecule has 0 amide bonds. The van der Waals surface area contributed by atoms with Crippen molar-refractivity contribution in [2.45, 2.75) is 39.2 Å². The smallest absolute Gasteiger partial charge is 0.338 e. The molecule has 1 atom stereocenters. The normalized spacial score (nSPS) is 13.2. The lowest BCUT2D eigenvalue weighted by molar-refractivity contribution is 0.00835. The molecule has 0 fully saturated rings. The Hall–Kier alpha value is -1.90. The molecule has 0 saturated carbocycles. The molecule has 0 saturated heterocycles. The van der Waals surface area contributed by atoms with Gasteiger partial charge in [-0.05, 0) is 64.0 Å². The third kappa shape index (κ3) is 5.00. The average Bonchev–Trinajstić information content (AvgIpc) is 2.39. The van der Waals surface area contributed by atoms with Crippen molar-refractivity contribution >= 4 is 5.97 Å². The van der Waals surface area contributed by atoms with E-state index >= 15 is 0 Å². The lowest BCUT2D eigenvalue weighted by atomic mass is 9.99. The van der Waals surface area contributed by atoms with Crippen LogP contribution in [0, 0.1) is 5.82 Å². The number of benzene rings is 1. The predicted molar refractivity (Wildman–Crippen MR) is 79.1 cm³/mol. The summed E-state index contributed by atoms with van der Waals surface area (Å²) in [6.07, 6.45) is 5.19. The van der Waals surface area contributed by atoms with Crippen molar-refractivity contribution in [3.8, 4) is 0 Å². The quantitative estimate of drug-likeness (QED) is 0.557. The number of carbonyl (C=O) groups excluding carboxylic acids is 1. The molecular formula is C17H21FO2. The number of halogens is 1. The van der Waals surface area contributed by atoms with Gasteiger partial charge in [-0.15, -0.1) is 0 Å². The van der Waals surface area contributed by atoms with Crippen LogP contribution in [0.25, 0.3) is 0 Å². The molecule has 0 spiro atoms. The number of esters is 1. The van der Waals surface area contributed by atoms with Crippen LogP contribution >= 0.6 is 0 Å². The van der Waals surface area contributed by atoms with Crippen LogP contribution in [-0.2, 0) is 4.74 Å². The Bertz CT molecular complexity index is 498. The largest absolute Gasteiger partial charge is 0.452 e. The van der Waals surface area contributed by atoms with E-state index in [0.29, 0.717) is 12.0 Å². The topological polar surface area (TPSA) is 26.3 Å². The van der Waals surface area contributed by atoms with Crippen LogP contribution in [-0.4, -0.2) is 11.6 Å². The zero-order valence-corrected chi connectivity index (χ0v) is 12.3. The van der Waals surface area contributed by atoms with Crippen LogP contribution in [0.2, 0.25) is 0 Å². The lowest BCUT2D eigenvalue weighted by Gasteiger charge is -2.25. The second kappa shape index (κ2) is 7.04. The van der Waals surface area contributed by atoms with E-state index < -0.39 is 11.6 Å². The second-order valence-corrected chi connectivity index (χ2v) is 5.23. The van der Waals surface area contributed by atoms with Crippen LogP contribution in [0.5, 0.6) is 0 Å². The zero-order valence-electron chi connectivity index (χ0n) is 12.3. The van der Waals surface area contributed by atoms with Crippen molar-refractivity contribution in [1.29, 1.82) is 0 Å². The first-order chi connectivity index (χ1) is 9.36. The molecule has 0 aliphatic heterocycles. The number of hydrogen-bond donors (Lipinski definition) is 0. The van der Waals surface area contributed by atoms with E-state index in [1.807, 2.05) is 20.8 Å². The third-order valence-electron chi connectivity index (χ3n) is 3.03. The van der Waals surface area contributed by atoms with Crippen LogP contribution in [0.15, 0.2) is 48.6 Å². The Labute approximate surface area is 120 Å². The van der Waals surface area contributed by atoms with E-state index in [-0.39, 0.29) is 5.82 Å². The van der Waals surface area contributed by atoms with Gasteiger partial charge in [-0.3, -0.25) is 0 Å². The predicted octanol–water partition coefficient (Wildman–Crippen LogP) is 4.67. The SMILES string of the molecule is C=CC(C)(CCC=C(C)C)OC(=O)c1ccc(F)cc1. The van der Waals surface area contributed by atoms with Crippen molar-refractivity contribution in [3.63, 3.8) is 0 Å².